The van der Waals surface area contributed by atoms with Gasteiger partial charge in [0.05, 0.1) is 19.4 Å². The third kappa shape index (κ3) is 5.77. The summed E-state index contributed by atoms with van der Waals surface area (Å²) < 4.78 is 60.4. The minimum absolute atomic E-state index is 0.00828. The summed E-state index contributed by atoms with van der Waals surface area (Å²) >= 11 is 9.26. The first-order chi connectivity index (χ1) is 20.5. The van der Waals surface area contributed by atoms with Crippen molar-refractivity contribution in [3.63, 3.8) is 0 Å². The van der Waals surface area contributed by atoms with Crippen LogP contribution in [0.4, 0.5) is 10.3 Å². The van der Waals surface area contributed by atoms with Gasteiger partial charge in [-0.05, 0) is 24.6 Å². The van der Waals surface area contributed by atoms with Gasteiger partial charge in [0.25, 0.3) is 11.5 Å². The number of H-pyrrole nitrogens is 2. The lowest BCUT2D eigenvalue weighted by atomic mass is 10.1. The Morgan fingerprint density at radius 2 is 2.07 bits per heavy atom. The second kappa shape index (κ2) is 10.9. The lowest BCUT2D eigenvalue weighted by Gasteiger charge is -2.22. The summed E-state index contributed by atoms with van der Waals surface area (Å²) in [5, 5.41) is 0. The van der Waals surface area contributed by atoms with Gasteiger partial charge in [0.15, 0.2) is 24.3 Å². The normalized spacial score (nSPS) is 32.4. The average molecular weight is 677 g/mol. The Hall–Kier alpha value is -2.38. The Labute approximate surface area is 251 Å². The maximum atomic E-state index is 15.9. The number of halogens is 1. The molecule has 1 aliphatic carbocycles. The molecule has 5 N–H and O–H groups in total. The van der Waals surface area contributed by atoms with Gasteiger partial charge in [-0.2, -0.15) is 0 Å². The van der Waals surface area contributed by atoms with Crippen molar-refractivity contribution in [2.45, 2.75) is 56.5 Å². The van der Waals surface area contributed by atoms with E-state index in [2.05, 4.69) is 42.2 Å². The van der Waals surface area contributed by atoms with E-state index in [1.807, 2.05) is 0 Å². The molecule has 0 radical (unpaired) electrons. The van der Waals surface area contributed by atoms with Crippen LogP contribution in [0, 0.1) is 0 Å². The van der Waals surface area contributed by atoms with Crippen molar-refractivity contribution in [3.05, 3.63) is 34.5 Å². The Morgan fingerprint density at radius 3 is 2.86 bits per heavy atom. The van der Waals surface area contributed by atoms with E-state index in [4.69, 9.17) is 40.4 Å². The van der Waals surface area contributed by atoms with E-state index in [9.17, 15) is 14.3 Å². The number of nitrogens with zero attached hydrogens (tertiary/aromatic N) is 6. The van der Waals surface area contributed by atoms with Crippen molar-refractivity contribution in [2.24, 2.45) is 0 Å². The average Bonchev–Trinajstić information content (AvgIpc) is 3.53. The number of aromatic nitrogens is 8. The molecule has 4 aromatic heterocycles. The highest BCUT2D eigenvalue weighted by Crippen LogP contribution is 2.57. The summed E-state index contributed by atoms with van der Waals surface area (Å²) in [6.07, 6.45) is -1.48. The fraction of sp³-hybridized carbons (Fsp3) is 0.524. The Bertz CT molecular complexity index is 1890. The summed E-state index contributed by atoms with van der Waals surface area (Å²) in [7, 11) is 0. The van der Waals surface area contributed by atoms with Gasteiger partial charge in [-0.25, -0.2) is 28.5 Å². The summed E-state index contributed by atoms with van der Waals surface area (Å²) in [4.78, 5) is 45.8. The first-order valence-corrected chi connectivity index (χ1v) is 18.3. The van der Waals surface area contributed by atoms with Crippen molar-refractivity contribution < 1.29 is 41.2 Å². The van der Waals surface area contributed by atoms with Crippen molar-refractivity contribution >= 4 is 65.8 Å². The van der Waals surface area contributed by atoms with E-state index in [0.717, 1.165) is 12.8 Å². The molecule has 2 bridgehead atoms. The highest BCUT2D eigenvalue weighted by Gasteiger charge is 2.52. The van der Waals surface area contributed by atoms with Gasteiger partial charge in [-0.15, -0.1) is 0 Å². The number of rotatable bonds is 2. The second-order valence-electron chi connectivity index (χ2n) is 10.1. The third-order valence-electron chi connectivity index (χ3n) is 7.16. The molecule has 17 nitrogen and oxygen atoms in total. The SMILES string of the molecule is Nc1nc2c([nH]c[n+]2[C@@H]2O[C@@H]3COP(O)(=S)OCCn4c(nc5cnc(C6CC6)nc54)COP(=O)(S)O[C@@H]2[C@@H]3F)c(=O)[nH]1. The number of nitrogen functional groups attached to an aromatic ring is 1. The number of aromatic amines is 2. The zero-order chi connectivity index (χ0) is 30.1. The maximum Gasteiger partial charge on any atom is 0.387 e. The quantitative estimate of drug-likeness (QED) is 0.115. The van der Waals surface area contributed by atoms with Crippen LogP contribution in [-0.2, 0) is 52.4 Å². The molecule has 1 saturated carbocycles. The van der Waals surface area contributed by atoms with Gasteiger partial charge in [-0.1, -0.05) is 17.2 Å². The second-order valence-corrected chi connectivity index (χ2v) is 15.9. The summed E-state index contributed by atoms with van der Waals surface area (Å²) in [5.41, 5.74) is 6.10. The van der Waals surface area contributed by atoms with Crippen LogP contribution in [0.5, 0.6) is 0 Å². The molecular weight excluding hydrogens is 651 g/mol. The highest BCUT2D eigenvalue weighted by molar-refractivity contribution is 8.44. The van der Waals surface area contributed by atoms with Crippen molar-refractivity contribution in [3.8, 4) is 0 Å². The Balaban J connectivity index is 1.25. The molecule has 7 rings (SSSR count). The van der Waals surface area contributed by atoms with Crippen molar-refractivity contribution in [2.75, 3.05) is 18.9 Å². The number of hydrogen-bond donors (Lipinski definition) is 5. The molecular formula is C21H25FN9O8P2S2+. The van der Waals surface area contributed by atoms with Crippen LogP contribution in [0.3, 0.4) is 0 Å². The predicted molar refractivity (Wildman–Crippen MR) is 152 cm³/mol. The highest BCUT2D eigenvalue weighted by atomic mass is 32.7. The monoisotopic (exact) mass is 676 g/mol. The van der Waals surface area contributed by atoms with Crippen LogP contribution in [0.25, 0.3) is 22.3 Å². The van der Waals surface area contributed by atoms with E-state index in [-0.39, 0.29) is 48.6 Å². The molecule has 2 unspecified atom stereocenters. The fourth-order valence-electron chi connectivity index (χ4n) is 4.99. The fourth-order valence-corrected chi connectivity index (χ4v) is 7.48. The van der Waals surface area contributed by atoms with Crippen LogP contribution >= 0.6 is 25.8 Å². The summed E-state index contributed by atoms with van der Waals surface area (Å²) in [6.45, 7) is -9.08. The van der Waals surface area contributed by atoms with Gasteiger partial charge in [0.2, 0.25) is 11.7 Å². The maximum absolute atomic E-state index is 15.9. The molecule has 22 heteroatoms. The first kappa shape index (κ1) is 29.3. The largest absolute Gasteiger partial charge is 0.387 e. The lowest BCUT2D eigenvalue weighted by Crippen LogP contribution is -2.46. The van der Waals surface area contributed by atoms with Crippen LogP contribution in [0.15, 0.2) is 17.3 Å². The minimum atomic E-state index is -4.30. The number of ether oxygens (including phenoxy) is 1. The predicted octanol–water partition coefficient (Wildman–Crippen LogP) is 1.28. The number of anilines is 1. The molecule has 6 heterocycles. The molecule has 6 atom stereocenters. The molecule has 0 amide bonds. The number of alkyl halides is 1. The molecule has 3 aliphatic rings. The van der Waals surface area contributed by atoms with E-state index < -0.39 is 50.3 Å². The zero-order valence-electron chi connectivity index (χ0n) is 22.0. The van der Waals surface area contributed by atoms with Crippen LogP contribution in [0.1, 0.15) is 36.6 Å². The molecule has 1 saturated heterocycles. The number of imidazole rings is 2. The molecule has 0 spiro atoms. The standard InChI is InChI=1S/C21H24FN9O8P2S2/c22-13-11-6-36-40(33,42)35-4-3-30-12(26-10-5-24-16(9-1-2-9)27-17(10)30)7-37-41(34,43)39-15(13)20(38-11)31-8-25-14-18(31)28-21(23)29-19(14)32/h5,8-9,11,13,15,20H,1-4,6-7H2,(H5,23,28,29,32,33,34,42,43)/p+1/t11-,13-,15-,20-,40?,41?/m1/s1. The van der Waals surface area contributed by atoms with Gasteiger partial charge in [0.1, 0.15) is 29.9 Å². The molecule has 43 heavy (non-hydrogen) atoms. The number of nitrogens with two attached hydrogens (primary N) is 1. The van der Waals surface area contributed by atoms with Gasteiger partial charge < -0.3 is 29.0 Å². The first-order valence-electron chi connectivity index (χ1n) is 13.1. The number of nitrogens with one attached hydrogen (secondary N) is 2. The third-order valence-corrected chi connectivity index (χ3v) is 10.4. The zero-order valence-corrected chi connectivity index (χ0v) is 25.5. The molecule has 4 aromatic rings. The molecule has 2 fully saturated rings. The smallest absolute Gasteiger partial charge is 0.355 e. The van der Waals surface area contributed by atoms with Crippen molar-refractivity contribution in [1.82, 2.24) is 34.5 Å². The number of fused-ring (bicyclic) bond motifs is 6. The van der Waals surface area contributed by atoms with Gasteiger partial charge in [-0.3, -0.25) is 23.8 Å². The number of hydrogen-bond acceptors (Lipinski definition) is 13. The van der Waals surface area contributed by atoms with Crippen molar-refractivity contribution in [1.29, 1.82) is 0 Å². The molecule has 2 aliphatic heterocycles. The minimum Gasteiger partial charge on any atom is -0.355 e. The van der Waals surface area contributed by atoms with Gasteiger partial charge in [0, 0.05) is 12.5 Å². The molecule has 230 valence electrons. The van der Waals surface area contributed by atoms with E-state index in [0.29, 0.717) is 17.0 Å². The number of thiol groups is 1. The molecule has 0 aromatic carbocycles. The Morgan fingerprint density at radius 1 is 1.26 bits per heavy atom. The van der Waals surface area contributed by atoms with Crippen LogP contribution in [-0.4, -0.2) is 71.0 Å². The van der Waals surface area contributed by atoms with E-state index in [1.165, 1.54) is 10.9 Å². The topological polar surface area (TPSA) is 218 Å². The van der Waals surface area contributed by atoms with E-state index in [1.54, 1.807) is 10.8 Å². The van der Waals surface area contributed by atoms with Crippen LogP contribution < -0.4 is 15.9 Å². The summed E-state index contributed by atoms with van der Waals surface area (Å²) in [6, 6.07) is 0. The van der Waals surface area contributed by atoms with Crippen LogP contribution in [0.2, 0.25) is 0 Å². The van der Waals surface area contributed by atoms with E-state index >= 15 is 4.39 Å². The Kier molecular flexibility index (Phi) is 7.44. The lowest BCUT2D eigenvalue weighted by molar-refractivity contribution is -0.744. The van der Waals surface area contributed by atoms with Gasteiger partial charge >= 0.3 is 19.2 Å². The summed E-state index contributed by atoms with van der Waals surface area (Å²) in [5.74, 6) is 1.02.